The smallest absolute Gasteiger partial charge is 0.242 e. The zero-order chi connectivity index (χ0) is 22.5. The molecule has 7 heteroatoms. The number of thiazole rings is 1. The number of aryl methyl sites for hydroxylation is 1. The van der Waals surface area contributed by atoms with Crippen molar-refractivity contribution in [3.63, 3.8) is 0 Å². The summed E-state index contributed by atoms with van der Waals surface area (Å²) in [5.41, 5.74) is 3.51. The second-order valence-electron chi connectivity index (χ2n) is 7.14. The fourth-order valence-electron chi connectivity index (χ4n) is 3.31. The van der Waals surface area contributed by atoms with Gasteiger partial charge in [0, 0.05) is 0 Å². The van der Waals surface area contributed by atoms with Crippen molar-refractivity contribution in [2.75, 3.05) is 19.0 Å². The minimum Gasteiger partial charge on any atom is -0.495 e. The number of carbonyl (C=O) groups is 1. The van der Waals surface area contributed by atoms with Crippen LogP contribution in [0, 0.1) is 6.92 Å². The quantitative estimate of drug-likeness (QED) is 0.302. The molecule has 0 spiro atoms. The van der Waals surface area contributed by atoms with Crippen LogP contribution in [0.25, 0.3) is 10.2 Å². The maximum absolute atomic E-state index is 13.4. The predicted molar refractivity (Wildman–Crippen MR) is 132 cm³/mol. The van der Waals surface area contributed by atoms with E-state index >= 15 is 0 Å². The van der Waals surface area contributed by atoms with Gasteiger partial charge in [0.15, 0.2) is 4.34 Å². The van der Waals surface area contributed by atoms with E-state index in [9.17, 15) is 4.79 Å². The van der Waals surface area contributed by atoms with E-state index in [1.807, 2.05) is 80.6 Å². The van der Waals surface area contributed by atoms with Crippen molar-refractivity contribution in [2.45, 2.75) is 23.4 Å². The van der Waals surface area contributed by atoms with Crippen LogP contribution < -0.4 is 14.8 Å². The zero-order valence-corrected chi connectivity index (χ0v) is 19.8. The minimum atomic E-state index is -0.464. The topological polar surface area (TPSA) is 60.5 Å². The van der Waals surface area contributed by atoms with Crippen LogP contribution in [-0.2, 0) is 4.79 Å². The first kappa shape index (κ1) is 22.2. The number of anilines is 1. The van der Waals surface area contributed by atoms with Crippen molar-refractivity contribution >= 4 is 44.9 Å². The molecule has 4 rings (SSSR count). The number of ether oxygens (including phenoxy) is 2. The summed E-state index contributed by atoms with van der Waals surface area (Å²) in [5, 5.41) is 2.59. The molecule has 3 aromatic carbocycles. The number of fused-ring (bicyclic) bond motifs is 1. The number of methoxy groups -OCH3 is 1. The highest BCUT2D eigenvalue weighted by atomic mass is 32.2. The van der Waals surface area contributed by atoms with Gasteiger partial charge in [-0.15, -0.1) is 11.3 Å². The third-order valence-corrected chi connectivity index (χ3v) is 7.19. The molecule has 4 aromatic rings. The average molecular weight is 465 g/mol. The van der Waals surface area contributed by atoms with Gasteiger partial charge in [0.05, 0.1) is 29.6 Å². The Bertz CT molecular complexity index is 1220. The van der Waals surface area contributed by atoms with E-state index in [1.165, 1.54) is 11.8 Å². The SMILES string of the molecule is CCOc1ccc2nc(S[C@@H](C(=O)Nc3cc(C)ccc3OC)c3ccccc3)sc2c1. The Kier molecular flexibility index (Phi) is 6.97. The minimum absolute atomic E-state index is 0.126. The summed E-state index contributed by atoms with van der Waals surface area (Å²) < 4.78 is 12.9. The molecule has 0 aliphatic carbocycles. The van der Waals surface area contributed by atoms with Crippen LogP contribution in [0.4, 0.5) is 5.69 Å². The summed E-state index contributed by atoms with van der Waals surface area (Å²) in [7, 11) is 1.60. The van der Waals surface area contributed by atoms with Gasteiger partial charge in [0.2, 0.25) is 5.91 Å². The molecule has 0 aliphatic rings. The zero-order valence-electron chi connectivity index (χ0n) is 18.1. The summed E-state index contributed by atoms with van der Waals surface area (Å²) in [4.78, 5) is 18.2. The van der Waals surface area contributed by atoms with Crippen molar-refractivity contribution < 1.29 is 14.3 Å². The third-order valence-electron chi connectivity index (χ3n) is 4.82. The standard InChI is InChI=1S/C25H24N2O3S2/c1-4-30-18-11-12-19-22(15-18)31-25(27-19)32-23(17-8-6-5-7-9-17)24(28)26-20-14-16(2)10-13-21(20)29-3/h5-15,23H,4H2,1-3H3,(H,26,28)/t23-/m1/s1. The molecule has 1 atom stereocenters. The summed E-state index contributed by atoms with van der Waals surface area (Å²) in [6.45, 7) is 4.56. The highest BCUT2D eigenvalue weighted by Crippen LogP contribution is 2.41. The highest BCUT2D eigenvalue weighted by molar-refractivity contribution is 8.02. The van der Waals surface area contributed by atoms with Crippen molar-refractivity contribution in [2.24, 2.45) is 0 Å². The Morgan fingerprint density at radius 1 is 1.12 bits per heavy atom. The van der Waals surface area contributed by atoms with Crippen LogP contribution >= 0.6 is 23.1 Å². The molecule has 1 heterocycles. The molecule has 0 saturated carbocycles. The second kappa shape index (κ2) is 10.1. The monoisotopic (exact) mass is 464 g/mol. The van der Waals surface area contributed by atoms with E-state index in [0.717, 1.165) is 31.4 Å². The lowest BCUT2D eigenvalue weighted by atomic mass is 10.1. The second-order valence-corrected chi connectivity index (χ2v) is 9.53. The highest BCUT2D eigenvalue weighted by Gasteiger charge is 2.25. The van der Waals surface area contributed by atoms with Gasteiger partial charge in [0.1, 0.15) is 16.7 Å². The number of carbonyl (C=O) groups excluding carboxylic acids is 1. The van der Waals surface area contributed by atoms with Gasteiger partial charge in [-0.2, -0.15) is 0 Å². The number of nitrogens with one attached hydrogen (secondary N) is 1. The largest absolute Gasteiger partial charge is 0.495 e. The van der Waals surface area contributed by atoms with Crippen LogP contribution in [0.1, 0.15) is 23.3 Å². The maximum Gasteiger partial charge on any atom is 0.242 e. The Labute approximate surface area is 195 Å². The molecule has 1 N–H and O–H groups in total. The molecule has 164 valence electrons. The number of nitrogens with zero attached hydrogens (tertiary/aromatic N) is 1. The Hall–Kier alpha value is -3.03. The predicted octanol–water partition coefficient (Wildman–Crippen LogP) is 6.48. The molecule has 5 nitrogen and oxygen atoms in total. The van der Waals surface area contributed by atoms with Gasteiger partial charge in [-0.25, -0.2) is 4.98 Å². The number of hydrogen-bond donors (Lipinski definition) is 1. The number of rotatable bonds is 8. The van der Waals surface area contributed by atoms with Gasteiger partial charge < -0.3 is 14.8 Å². The summed E-state index contributed by atoms with van der Waals surface area (Å²) in [6, 6.07) is 21.4. The molecule has 0 aliphatic heterocycles. The fraction of sp³-hybridized carbons (Fsp3) is 0.200. The summed E-state index contributed by atoms with van der Waals surface area (Å²) in [6.07, 6.45) is 0. The van der Waals surface area contributed by atoms with Crippen molar-refractivity contribution in [1.29, 1.82) is 0 Å². The maximum atomic E-state index is 13.4. The van der Waals surface area contributed by atoms with Gasteiger partial charge in [-0.05, 0) is 55.3 Å². The lowest BCUT2D eigenvalue weighted by Crippen LogP contribution is -2.19. The number of amides is 1. The van der Waals surface area contributed by atoms with Gasteiger partial charge in [0.25, 0.3) is 0 Å². The van der Waals surface area contributed by atoms with E-state index in [0.29, 0.717) is 18.0 Å². The summed E-state index contributed by atoms with van der Waals surface area (Å²) >= 11 is 3.01. The van der Waals surface area contributed by atoms with Gasteiger partial charge in [-0.3, -0.25) is 4.79 Å². The van der Waals surface area contributed by atoms with Crippen LogP contribution in [0.3, 0.4) is 0 Å². The van der Waals surface area contributed by atoms with E-state index in [-0.39, 0.29) is 5.91 Å². The first-order chi connectivity index (χ1) is 15.6. The van der Waals surface area contributed by atoms with Crippen molar-refractivity contribution in [3.05, 3.63) is 77.9 Å². The van der Waals surface area contributed by atoms with E-state index in [4.69, 9.17) is 14.5 Å². The fourth-order valence-corrected chi connectivity index (χ4v) is 5.60. The Morgan fingerprint density at radius 2 is 1.94 bits per heavy atom. The summed E-state index contributed by atoms with van der Waals surface area (Å²) in [5.74, 6) is 1.33. The number of thioether (sulfide) groups is 1. The van der Waals surface area contributed by atoms with Crippen molar-refractivity contribution in [3.8, 4) is 11.5 Å². The normalized spacial score (nSPS) is 11.8. The van der Waals surface area contributed by atoms with Gasteiger partial charge >= 0.3 is 0 Å². The number of benzene rings is 3. The molecule has 0 radical (unpaired) electrons. The molecule has 32 heavy (non-hydrogen) atoms. The molecule has 0 saturated heterocycles. The molecular formula is C25H24N2O3S2. The third kappa shape index (κ3) is 5.06. The van der Waals surface area contributed by atoms with E-state index in [2.05, 4.69) is 5.32 Å². The molecular weight excluding hydrogens is 440 g/mol. The lowest BCUT2D eigenvalue weighted by molar-refractivity contribution is -0.115. The molecule has 0 fully saturated rings. The van der Waals surface area contributed by atoms with Crippen molar-refractivity contribution in [1.82, 2.24) is 4.98 Å². The van der Waals surface area contributed by atoms with Gasteiger partial charge in [-0.1, -0.05) is 48.2 Å². The Morgan fingerprint density at radius 3 is 2.69 bits per heavy atom. The number of aromatic nitrogens is 1. The first-order valence-electron chi connectivity index (χ1n) is 10.3. The molecule has 1 aromatic heterocycles. The molecule has 0 unspecified atom stereocenters. The van der Waals surface area contributed by atoms with E-state index in [1.54, 1.807) is 18.4 Å². The van der Waals surface area contributed by atoms with Crippen LogP contribution in [0.2, 0.25) is 0 Å². The first-order valence-corrected chi connectivity index (χ1v) is 12.0. The molecule has 1 amide bonds. The van der Waals surface area contributed by atoms with E-state index < -0.39 is 5.25 Å². The number of hydrogen-bond acceptors (Lipinski definition) is 6. The average Bonchev–Trinajstić information content (AvgIpc) is 3.20. The van der Waals surface area contributed by atoms with Crippen LogP contribution in [0.15, 0.2) is 71.1 Å². The van der Waals surface area contributed by atoms with Crippen LogP contribution in [-0.4, -0.2) is 24.6 Å². The Balaban J connectivity index is 1.64. The van der Waals surface area contributed by atoms with Crippen LogP contribution in [0.5, 0.6) is 11.5 Å². The molecule has 0 bridgehead atoms. The lowest BCUT2D eigenvalue weighted by Gasteiger charge is -2.17.